The van der Waals surface area contributed by atoms with Crippen LogP contribution in [0.1, 0.15) is 46.0 Å². The molecule has 0 aliphatic heterocycles. The first-order valence-electron chi connectivity index (χ1n) is 7.30. The minimum atomic E-state index is -0.128. The molecule has 2 N–H and O–H groups in total. The second-order valence-electron chi connectivity index (χ2n) is 5.48. The van der Waals surface area contributed by atoms with E-state index in [1.54, 1.807) is 0 Å². The number of carbonyl (C=O) groups is 1. The monoisotopic (exact) mass is 260 g/mol. The number of rotatable bonds is 4. The molecule has 1 aliphatic rings. The zero-order valence-electron chi connectivity index (χ0n) is 12.0. The van der Waals surface area contributed by atoms with Crippen molar-refractivity contribution in [2.75, 3.05) is 17.2 Å². The largest absolute Gasteiger partial charge is 0.399 e. The molecule has 0 bridgehead atoms. The summed E-state index contributed by atoms with van der Waals surface area (Å²) in [5.41, 5.74) is 7.28. The van der Waals surface area contributed by atoms with Crippen molar-refractivity contribution in [3.8, 4) is 0 Å². The van der Waals surface area contributed by atoms with Gasteiger partial charge in [0.15, 0.2) is 0 Å². The fraction of sp³-hybridized carbons (Fsp3) is 0.562. The van der Waals surface area contributed by atoms with Crippen LogP contribution in [0.5, 0.6) is 0 Å². The van der Waals surface area contributed by atoms with Crippen LogP contribution in [0.25, 0.3) is 0 Å². The summed E-state index contributed by atoms with van der Waals surface area (Å²) in [6, 6.07) is 7.60. The molecule has 2 rings (SSSR count). The Morgan fingerprint density at radius 2 is 1.79 bits per heavy atom. The molecule has 1 saturated carbocycles. The normalized spacial score (nSPS) is 17.4. The van der Waals surface area contributed by atoms with Crippen molar-refractivity contribution in [2.24, 2.45) is 5.41 Å². The molecule has 0 spiro atoms. The Kier molecular flexibility index (Phi) is 4.13. The first-order chi connectivity index (χ1) is 9.13. The molecule has 3 heteroatoms. The van der Waals surface area contributed by atoms with E-state index in [2.05, 4.69) is 6.92 Å². The summed E-state index contributed by atoms with van der Waals surface area (Å²) in [5, 5.41) is 0. The van der Waals surface area contributed by atoms with Crippen molar-refractivity contribution < 1.29 is 4.79 Å². The molecule has 1 amide bonds. The molecule has 1 aromatic rings. The summed E-state index contributed by atoms with van der Waals surface area (Å²) in [4.78, 5) is 14.8. The number of carbonyl (C=O) groups excluding carboxylic acids is 1. The zero-order valence-corrected chi connectivity index (χ0v) is 12.0. The lowest BCUT2D eigenvalue weighted by atomic mass is 9.81. The van der Waals surface area contributed by atoms with Crippen molar-refractivity contribution in [1.82, 2.24) is 0 Å². The van der Waals surface area contributed by atoms with E-state index in [4.69, 9.17) is 5.73 Å². The molecule has 0 unspecified atom stereocenters. The van der Waals surface area contributed by atoms with Crippen molar-refractivity contribution >= 4 is 17.3 Å². The smallest absolute Gasteiger partial charge is 0.233 e. The van der Waals surface area contributed by atoms with E-state index < -0.39 is 0 Å². The lowest BCUT2D eigenvalue weighted by molar-refractivity contribution is -0.128. The first-order valence-corrected chi connectivity index (χ1v) is 7.30. The van der Waals surface area contributed by atoms with Gasteiger partial charge < -0.3 is 10.6 Å². The van der Waals surface area contributed by atoms with E-state index in [0.717, 1.165) is 30.6 Å². The van der Waals surface area contributed by atoms with Crippen LogP contribution in [0.3, 0.4) is 0 Å². The van der Waals surface area contributed by atoms with Gasteiger partial charge in [-0.05, 0) is 50.5 Å². The summed E-state index contributed by atoms with van der Waals surface area (Å²) in [6.45, 7) is 4.89. The van der Waals surface area contributed by atoms with Gasteiger partial charge in [0.2, 0.25) is 5.91 Å². The fourth-order valence-corrected chi connectivity index (χ4v) is 3.15. The number of amides is 1. The van der Waals surface area contributed by atoms with Crippen molar-refractivity contribution in [1.29, 1.82) is 0 Å². The standard InChI is InChI=1S/C16H24N2O/c1-3-16(11-5-6-12-16)15(19)18(4-2)14-9-7-13(17)8-10-14/h7-10H,3-6,11-12,17H2,1-2H3. The molecule has 1 aromatic carbocycles. The van der Waals surface area contributed by atoms with Gasteiger partial charge in [-0.25, -0.2) is 0 Å². The maximum Gasteiger partial charge on any atom is 0.233 e. The number of nitrogen functional groups attached to an aromatic ring is 1. The second kappa shape index (κ2) is 5.64. The molecule has 1 fully saturated rings. The fourth-order valence-electron chi connectivity index (χ4n) is 3.15. The minimum Gasteiger partial charge on any atom is -0.399 e. The van der Waals surface area contributed by atoms with Crippen LogP contribution < -0.4 is 10.6 Å². The number of nitrogens with zero attached hydrogens (tertiary/aromatic N) is 1. The van der Waals surface area contributed by atoms with E-state index in [1.807, 2.05) is 36.1 Å². The Labute approximate surface area is 115 Å². The highest BCUT2D eigenvalue weighted by Crippen LogP contribution is 2.43. The quantitative estimate of drug-likeness (QED) is 0.841. The summed E-state index contributed by atoms with van der Waals surface area (Å²) in [7, 11) is 0. The highest BCUT2D eigenvalue weighted by Gasteiger charge is 2.41. The Balaban J connectivity index is 2.26. The van der Waals surface area contributed by atoms with Crippen LogP contribution in [0.15, 0.2) is 24.3 Å². The summed E-state index contributed by atoms with van der Waals surface area (Å²) < 4.78 is 0. The molecule has 0 radical (unpaired) electrons. The number of nitrogens with two attached hydrogens (primary N) is 1. The van der Waals surface area contributed by atoms with E-state index in [1.165, 1.54) is 12.8 Å². The molecular weight excluding hydrogens is 236 g/mol. The molecule has 0 aromatic heterocycles. The van der Waals surface area contributed by atoms with E-state index in [0.29, 0.717) is 12.5 Å². The average molecular weight is 260 g/mol. The lowest BCUT2D eigenvalue weighted by Gasteiger charge is -2.33. The van der Waals surface area contributed by atoms with Crippen LogP contribution in [-0.2, 0) is 4.79 Å². The van der Waals surface area contributed by atoms with Gasteiger partial charge in [-0.1, -0.05) is 19.8 Å². The molecule has 0 atom stereocenters. The van der Waals surface area contributed by atoms with Crippen LogP contribution in [-0.4, -0.2) is 12.5 Å². The van der Waals surface area contributed by atoms with Gasteiger partial charge in [0.1, 0.15) is 0 Å². The molecule has 104 valence electrons. The minimum absolute atomic E-state index is 0.128. The van der Waals surface area contributed by atoms with Gasteiger partial charge in [-0.3, -0.25) is 4.79 Å². The van der Waals surface area contributed by atoms with Crippen LogP contribution in [0.2, 0.25) is 0 Å². The first kappa shape index (κ1) is 13.9. The van der Waals surface area contributed by atoms with Crippen molar-refractivity contribution in [3.63, 3.8) is 0 Å². The van der Waals surface area contributed by atoms with Gasteiger partial charge in [0.05, 0.1) is 0 Å². The molecule has 0 saturated heterocycles. The Morgan fingerprint density at radius 1 is 1.21 bits per heavy atom. The van der Waals surface area contributed by atoms with Gasteiger partial charge in [0.25, 0.3) is 0 Å². The van der Waals surface area contributed by atoms with E-state index in [-0.39, 0.29) is 5.41 Å². The number of benzene rings is 1. The van der Waals surface area contributed by atoms with Crippen LogP contribution in [0.4, 0.5) is 11.4 Å². The molecular formula is C16H24N2O. The van der Waals surface area contributed by atoms with Gasteiger partial charge in [-0.2, -0.15) is 0 Å². The van der Waals surface area contributed by atoms with Crippen molar-refractivity contribution in [3.05, 3.63) is 24.3 Å². The predicted molar refractivity (Wildman–Crippen MR) is 80.1 cm³/mol. The highest BCUT2D eigenvalue weighted by atomic mass is 16.2. The van der Waals surface area contributed by atoms with Crippen LogP contribution in [0, 0.1) is 5.41 Å². The summed E-state index contributed by atoms with van der Waals surface area (Å²) >= 11 is 0. The van der Waals surface area contributed by atoms with Gasteiger partial charge >= 0.3 is 0 Å². The maximum atomic E-state index is 12.9. The Hall–Kier alpha value is -1.51. The van der Waals surface area contributed by atoms with E-state index in [9.17, 15) is 4.79 Å². The van der Waals surface area contributed by atoms with Gasteiger partial charge in [-0.15, -0.1) is 0 Å². The number of hydrogen-bond acceptors (Lipinski definition) is 2. The average Bonchev–Trinajstić information content (AvgIpc) is 2.91. The Morgan fingerprint density at radius 3 is 2.26 bits per heavy atom. The topological polar surface area (TPSA) is 46.3 Å². The molecule has 19 heavy (non-hydrogen) atoms. The lowest BCUT2D eigenvalue weighted by Crippen LogP contribution is -2.42. The third-order valence-electron chi connectivity index (χ3n) is 4.46. The number of hydrogen-bond donors (Lipinski definition) is 1. The maximum absolute atomic E-state index is 12.9. The SMILES string of the molecule is CCN(C(=O)C1(CC)CCCC1)c1ccc(N)cc1. The molecule has 3 nitrogen and oxygen atoms in total. The van der Waals surface area contributed by atoms with Crippen LogP contribution >= 0.6 is 0 Å². The Bertz CT molecular complexity index is 433. The highest BCUT2D eigenvalue weighted by molar-refractivity contribution is 5.97. The van der Waals surface area contributed by atoms with Crippen molar-refractivity contribution in [2.45, 2.75) is 46.0 Å². The summed E-state index contributed by atoms with van der Waals surface area (Å²) in [5.74, 6) is 0.291. The molecule has 1 aliphatic carbocycles. The van der Waals surface area contributed by atoms with E-state index >= 15 is 0 Å². The summed E-state index contributed by atoms with van der Waals surface area (Å²) in [6.07, 6.45) is 5.37. The molecule has 0 heterocycles. The zero-order chi connectivity index (χ0) is 13.9. The van der Waals surface area contributed by atoms with Gasteiger partial charge in [0, 0.05) is 23.3 Å². The number of anilines is 2. The third-order valence-corrected chi connectivity index (χ3v) is 4.46. The second-order valence-corrected chi connectivity index (χ2v) is 5.48. The predicted octanol–water partition coefficient (Wildman–Crippen LogP) is 3.59. The third kappa shape index (κ3) is 2.60.